The summed E-state index contributed by atoms with van der Waals surface area (Å²) in [5, 5.41) is 2.45. The van der Waals surface area contributed by atoms with E-state index >= 15 is 0 Å². The Labute approximate surface area is 140 Å². The fourth-order valence-electron chi connectivity index (χ4n) is 3.47. The second-order valence-electron chi connectivity index (χ2n) is 6.01. The van der Waals surface area contributed by atoms with Crippen molar-refractivity contribution in [3.8, 4) is 0 Å². The fourth-order valence-corrected chi connectivity index (χ4v) is 3.47. The summed E-state index contributed by atoms with van der Waals surface area (Å²) in [5.74, 6) is -0.256. The van der Waals surface area contributed by atoms with E-state index in [2.05, 4.69) is 47.5 Å². The molecule has 0 aliphatic heterocycles. The molecule has 0 aliphatic rings. The summed E-state index contributed by atoms with van der Waals surface area (Å²) in [6, 6.07) is 23.7. The van der Waals surface area contributed by atoms with Gasteiger partial charge in [0, 0.05) is 34.3 Å². The van der Waals surface area contributed by atoms with E-state index in [0.29, 0.717) is 12.1 Å². The molecule has 1 atom stereocenters. The van der Waals surface area contributed by atoms with Gasteiger partial charge in [-0.05, 0) is 23.8 Å². The SMILES string of the molecule is C=C[C@H](Cn1c2ccccc2c2ccccc21)c1ccccc1F. The summed E-state index contributed by atoms with van der Waals surface area (Å²) in [6.07, 6.45) is 1.84. The molecule has 1 nitrogen and oxygen atoms in total. The molecule has 4 rings (SSSR count). The van der Waals surface area contributed by atoms with Gasteiger partial charge in [0.15, 0.2) is 0 Å². The van der Waals surface area contributed by atoms with Crippen molar-refractivity contribution >= 4 is 21.8 Å². The number of halogens is 1. The molecule has 0 amide bonds. The molecule has 0 radical (unpaired) electrons. The van der Waals surface area contributed by atoms with Crippen LogP contribution in [0.15, 0.2) is 85.5 Å². The van der Waals surface area contributed by atoms with Crippen LogP contribution in [-0.2, 0) is 6.54 Å². The number of hydrogen-bond acceptors (Lipinski definition) is 0. The maximum absolute atomic E-state index is 14.2. The van der Waals surface area contributed by atoms with Crippen LogP contribution in [0.2, 0.25) is 0 Å². The minimum atomic E-state index is -0.178. The maximum atomic E-state index is 14.2. The number of benzene rings is 3. The Morgan fingerprint density at radius 2 is 1.38 bits per heavy atom. The van der Waals surface area contributed by atoms with Crippen LogP contribution in [-0.4, -0.2) is 4.57 Å². The van der Waals surface area contributed by atoms with E-state index in [1.165, 1.54) is 27.9 Å². The van der Waals surface area contributed by atoms with Crippen molar-refractivity contribution in [2.45, 2.75) is 12.5 Å². The third-order valence-electron chi connectivity index (χ3n) is 4.65. The molecular weight excluding hydrogens is 297 g/mol. The minimum absolute atomic E-state index is 0.0783. The van der Waals surface area contributed by atoms with Crippen molar-refractivity contribution < 1.29 is 4.39 Å². The molecule has 0 unspecified atom stereocenters. The first kappa shape index (κ1) is 14.7. The standard InChI is InChI=1S/C22H18FN/c1-2-16(17-9-3-6-12-20(17)23)15-24-21-13-7-4-10-18(21)19-11-5-8-14-22(19)24/h2-14,16H,1,15H2/t16-/m1/s1. The Balaban J connectivity index is 1.89. The van der Waals surface area contributed by atoms with Gasteiger partial charge in [-0.3, -0.25) is 0 Å². The summed E-state index contributed by atoms with van der Waals surface area (Å²) in [6.45, 7) is 4.60. The summed E-state index contributed by atoms with van der Waals surface area (Å²) in [7, 11) is 0. The first-order valence-electron chi connectivity index (χ1n) is 8.12. The number of aromatic nitrogens is 1. The topological polar surface area (TPSA) is 4.93 Å². The van der Waals surface area contributed by atoms with Crippen LogP contribution in [0.1, 0.15) is 11.5 Å². The average Bonchev–Trinajstić information content (AvgIpc) is 2.95. The zero-order chi connectivity index (χ0) is 16.5. The van der Waals surface area contributed by atoms with Gasteiger partial charge in [-0.1, -0.05) is 60.7 Å². The largest absolute Gasteiger partial charge is 0.340 e. The van der Waals surface area contributed by atoms with Gasteiger partial charge >= 0.3 is 0 Å². The Bertz CT molecular complexity index is 975. The van der Waals surface area contributed by atoms with Crippen molar-refractivity contribution in [2.24, 2.45) is 0 Å². The van der Waals surface area contributed by atoms with Gasteiger partial charge in [0.1, 0.15) is 5.82 Å². The third kappa shape index (κ3) is 2.31. The molecule has 0 spiro atoms. The zero-order valence-corrected chi connectivity index (χ0v) is 13.3. The molecule has 0 N–H and O–H groups in total. The van der Waals surface area contributed by atoms with Crippen LogP contribution in [0.3, 0.4) is 0 Å². The Kier molecular flexibility index (Phi) is 3.66. The van der Waals surface area contributed by atoms with E-state index in [9.17, 15) is 4.39 Å². The number of allylic oxidation sites excluding steroid dienone is 1. The Morgan fingerprint density at radius 3 is 1.96 bits per heavy atom. The van der Waals surface area contributed by atoms with E-state index in [-0.39, 0.29) is 11.7 Å². The Morgan fingerprint density at radius 1 is 0.833 bits per heavy atom. The molecule has 4 aromatic rings. The highest BCUT2D eigenvalue weighted by Gasteiger charge is 2.16. The lowest BCUT2D eigenvalue weighted by molar-refractivity contribution is 0.579. The second-order valence-corrected chi connectivity index (χ2v) is 6.01. The highest BCUT2D eigenvalue weighted by Crippen LogP contribution is 2.31. The molecule has 0 fully saturated rings. The van der Waals surface area contributed by atoms with Crippen molar-refractivity contribution in [1.82, 2.24) is 4.57 Å². The van der Waals surface area contributed by atoms with E-state index in [4.69, 9.17) is 0 Å². The predicted octanol–water partition coefficient (Wildman–Crippen LogP) is 5.90. The lowest BCUT2D eigenvalue weighted by Crippen LogP contribution is -2.08. The van der Waals surface area contributed by atoms with Crippen LogP contribution in [0, 0.1) is 5.82 Å². The molecule has 2 heteroatoms. The van der Waals surface area contributed by atoms with E-state index in [1.54, 1.807) is 6.07 Å². The van der Waals surface area contributed by atoms with Gasteiger partial charge < -0.3 is 4.57 Å². The zero-order valence-electron chi connectivity index (χ0n) is 13.3. The highest BCUT2D eigenvalue weighted by atomic mass is 19.1. The molecule has 0 saturated heterocycles. The van der Waals surface area contributed by atoms with E-state index < -0.39 is 0 Å². The summed E-state index contributed by atoms with van der Waals surface area (Å²) < 4.78 is 16.5. The van der Waals surface area contributed by atoms with E-state index in [0.717, 1.165) is 0 Å². The first-order chi connectivity index (χ1) is 11.8. The first-order valence-corrected chi connectivity index (χ1v) is 8.12. The van der Waals surface area contributed by atoms with Crippen molar-refractivity contribution in [1.29, 1.82) is 0 Å². The Hall–Kier alpha value is -2.87. The van der Waals surface area contributed by atoms with Gasteiger partial charge in [0.05, 0.1) is 0 Å². The number of hydrogen-bond donors (Lipinski definition) is 0. The maximum Gasteiger partial charge on any atom is 0.127 e. The highest BCUT2D eigenvalue weighted by molar-refractivity contribution is 6.07. The lowest BCUT2D eigenvalue weighted by atomic mass is 9.98. The van der Waals surface area contributed by atoms with Crippen LogP contribution in [0.25, 0.3) is 21.8 Å². The molecule has 0 aliphatic carbocycles. The summed E-state index contributed by atoms with van der Waals surface area (Å²) >= 11 is 0. The van der Waals surface area contributed by atoms with Crippen molar-refractivity contribution in [3.05, 3.63) is 96.8 Å². The van der Waals surface area contributed by atoms with Gasteiger partial charge in [0.25, 0.3) is 0 Å². The predicted molar refractivity (Wildman–Crippen MR) is 98.8 cm³/mol. The summed E-state index contributed by atoms with van der Waals surface area (Å²) in [5.41, 5.74) is 3.03. The van der Waals surface area contributed by atoms with Gasteiger partial charge in [-0.15, -0.1) is 6.58 Å². The molecular formula is C22H18FN. The number of fused-ring (bicyclic) bond motifs is 3. The van der Waals surface area contributed by atoms with Crippen molar-refractivity contribution in [2.75, 3.05) is 0 Å². The smallest absolute Gasteiger partial charge is 0.127 e. The average molecular weight is 315 g/mol. The molecule has 1 aromatic heterocycles. The van der Waals surface area contributed by atoms with Crippen molar-refractivity contribution in [3.63, 3.8) is 0 Å². The third-order valence-corrected chi connectivity index (χ3v) is 4.65. The van der Waals surface area contributed by atoms with Gasteiger partial charge in [0.2, 0.25) is 0 Å². The molecule has 24 heavy (non-hydrogen) atoms. The normalized spacial score (nSPS) is 12.5. The van der Waals surface area contributed by atoms with Gasteiger partial charge in [-0.25, -0.2) is 4.39 Å². The molecule has 3 aromatic carbocycles. The lowest BCUT2D eigenvalue weighted by Gasteiger charge is -2.17. The van der Waals surface area contributed by atoms with Crippen LogP contribution in [0.5, 0.6) is 0 Å². The monoisotopic (exact) mass is 315 g/mol. The second kappa shape index (κ2) is 5.97. The minimum Gasteiger partial charge on any atom is -0.340 e. The van der Waals surface area contributed by atoms with Crippen LogP contribution >= 0.6 is 0 Å². The van der Waals surface area contributed by atoms with Gasteiger partial charge in [-0.2, -0.15) is 0 Å². The van der Waals surface area contributed by atoms with E-state index in [1.807, 2.05) is 30.3 Å². The fraction of sp³-hybridized carbons (Fsp3) is 0.0909. The number of rotatable bonds is 4. The van der Waals surface area contributed by atoms with Crippen LogP contribution in [0.4, 0.5) is 4.39 Å². The molecule has 1 heterocycles. The summed E-state index contributed by atoms with van der Waals surface area (Å²) in [4.78, 5) is 0. The molecule has 0 bridgehead atoms. The number of para-hydroxylation sites is 2. The molecule has 118 valence electrons. The van der Waals surface area contributed by atoms with Crippen LogP contribution < -0.4 is 0 Å². The quantitative estimate of drug-likeness (QED) is 0.413. The number of nitrogens with zero attached hydrogens (tertiary/aromatic N) is 1. The molecule has 0 saturated carbocycles.